The van der Waals surface area contributed by atoms with E-state index in [0.29, 0.717) is 6.54 Å². The van der Waals surface area contributed by atoms with E-state index < -0.39 is 9.84 Å². The predicted octanol–water partition coefficient (Wildman–Crippen LogP) is 0.519. The molecule has 2 N–H and O–H groups in total. The van der Waals surface area contributed by atoms with Crippen LogP contribution in [0.3, 0.4) is 0 Å². The van der Waals surface area contributed by atoms with Crippen LogP contribution in [0.2, 0.25) is 0 Å². The Bertz CT molecular complexity index is 465. The number of carbonyl (C=O) groups is 1. The van der Waals surface area contributed by atoms with E-state index >= 15 is 0 Å². The summed E-state index contributed by atoms with van der Waals surface area (Å²) in [5, 5.41) is 5.03. The van der Waals surface area contributed by atoms with Crippen LogP contribution in [0.1, 0.15) is 5.56 Å². The highest BCUT2D eigenvalue weighted by molar-refractivity contribution is 7.90. The van der Waals surface area contributed by atoms with Gasteiger partial charge in [0.1, 0.15) is 0 Å². The van der Waals surface area contributed by atoms with Crippen LogP contribution in [0.25, 0.3) is 0 Å². The van der Waals surface area contributed by atoms with Crippen molar-refractivity contribution in [2.75, 3.05) is 13.3 Å². The number of rotatable bonds is 3. The van der Waals surface area contributed by atoms with Crippen molar-refractivity contribution in [3.8, 4) is 0 Å². The number of hydrogen-bond donors (Lipinski definition) is 2. The van der Waals surface area contributed by atoms with Crippen LogP contribution < -0.4 is 10.6 Å². The molecule has 0 unspecified atom stereocenters. The number of urea groups is 1. The second-order valence-corrected chi connectivity index (χ2v) is 5.36. The fourth-order valence-corrected chi connectivity index (χ4v) is 1.76. The van der Waals surface area contributed by atoms with Crippen molar-refractivity contribution in [3.63, 3.8) is 0 Å². The fraction of sp³-hybridized carbons (Fsp3) is 0.300. The van der Waals surface area contributed by atoms with Crippen LogP contribution in [0.15, 0.2) is 29.2 Å². The molecule has 1 aromatic carbocycles. The summed E-state index contributed by atoms with van der Waals surface area (Å²) in [5.41, 5.74) is 0.844. The van der Waals surface area contributed by atoms with Gasteiger partial charge in [0.2, 0.25) is 0 Å². The number of carbonyl (C=O) groups excluding carboxylic acids is 1. The summed E-state index contributed by atoms with van der Waals surface area (Å²) in [6.07, 6.45) is 1.16. The summed E-state index contributed by atoms with van der Waals surface area (Å²) in [6.45, 7) is 0.365. The third-order valence-electron chi connectivity index (χ3n) is 2.03. The Labute approximate surface area is 94.8 Å². The van der Waals surface area contributed by atoms with Crippen LogP contribution in [-0.4, -0.2) is 27.8 Å². The average Bonchev–Trinajstić information content (AvgIpc) is 2.25. The molecule has 2 amide bonds. The first kappa shape index (κ1) is 12.5. The lowest BCUT2D eigenvalue weighted by atomic mass is 10.2. The van der Waals surface area contributed by atoms with Gasteiger partial charge in [0.05, 0.1) is 4.90 Å². The maximum atomic E-state index is 11.2. The van der Waals surface area contributed by atoms with Crippen molar-refractivity contribution in [2.24, 2.45) is 0 Å². The Morgan fingerprint density at radius 2 is 1.81 bits per heavy atom. The van der Waals surface area contributed by atoms with Gasteiger partial charge < -0.3 is 10.6 Å². The zero-order valence-electron chi connectivity index (χ0n) is 9.15. The molecule has 5 nitrogen and oxygen atoms in total. The molecule has 0 aliphatic heterocycles. The van der Waals surface area contributed by atoms with Crippen LogP contribution >= 0.6 is 0 Å². The third-order valence-corrected chi connectivity index (χ3v) is 3.16. The Balaban J connectivity index is 2.69. The van der Waals surface area contributed by atoms with Gasteiger partial charge in [0.25, 0.3) is 0 Å². The minimum atomic E-state index is -3.16. The molecule has 0 fully saturated rings. The van der Waals surface area contributed by atoms with E-state index in [1.807, 2.05) is 0 Å². The standard InChI is InChI=1S/C10H14N2O3S/c1-11-10(13)12-7-8-3-5-9(6-4-8)16(2,14)15/h3-6H,7H2,1-2H3,(H2,11,12,13). The van der Waals surface area contributed by atoms with Gasteiger partial charge in [-0.3, -0.25) is 0 Å². The SMILES string of the molecule is CNC(=O)NCc1ccc(S(C)(=O)=O)cc1. The second kappa shape index (κ2) is 4.98. The van der Waals surface area contributed by atoms with Crippen LogP contribution in [0, 0.1) is 0 Å². The van der Waals surface area contributed by atoms with E-state index in [0.717, 1.165) is 11.8 Å². The molecule has 0 bridgehead atoms. The Kier molecular flexibility index (Phi) is 3.89. The molecule has 0 saturated heterocycles. The first-order valence-corrected chi connectivity index (χ1v) is 6.57. The Hall–Kier alpha value is -1.56. The largest absolute Gasteiger partial charge is 0.341 e. The van der Waals surface area contributed by atoms with E-state index in [9.17, 15) is 13.2 Å². The molecule has 0 heterocycles. The lowest BCUT2D eigenvalue weighted by molar-refractivity contribution is 0.242. The van der Waals surface area contributed by atoms with E-state index in [4.69, 9.17) is 0 Å². The maximum absolute atomic E-state index is 11.2. The highest BCUT2D eigenvalue weighted by Gasteiger charge is 2.06. The molecular formula is C10H14N2O3S. The number of sulfone groups is 1. The van der Waals surface area contributed by atoms with Crippen molar-refractivity contribution in [2.45, 2.75) is 11.4 Å². The smallest absolute Gasteiger partial charge is 0.314 e. The predicted molar refractivity (Wildman–Crippen MR) is 60.8 cm³/mol. The monoisotopic (exact) mass is 242 g/mol. The third kappa shape index (κ3) is 3.54. The minimum Gasteiger partial charge on any atom is -0.341 e. The lowest BCUT2D eigenvalue weighted by Crippen LogP contribution is -2.32. The van der Waals surface area contributed by atoms with Gasteiger partial charge in [-0.1, -0.05) is 12.1 Å². The van der Waals surface area contributed by atoms with Gasteiger partial charge in [-0.2, -0.15) is 0 Å². The van der Waals surface area contributed by atoms with Crippen molar-refractivity contribution in [1.82, 2.24) is 10.6 Å². The Morgan fingerprint density at radius 3 is 2.25 bits per heavy atom. The van der Waals surface area contributed by atoms with Crippen molar-refractivity contribution < 1.29 is 13.2 Å². The molecule has 6 heteroatoms. The number of benzene rings is 1. The number of nitrogens with one attached hydrogen (secondary N) is 2. The van der Waals surface area contributed by atoms with E-state index in [1.165, 1.54) is 19.2 Å². The molecule has 0 saturated carbocycles. The summed E-state index contributed by atoms with van der Waals surface area (Å²) < 4.78 is 22.4. The first-order valence-electron chi connectivity index (χ1n) is 4.68. The lowest BCUT2D eigenvalue weighted by Gasteiger charge is -2.05. The zero-order valence-corrected chi connectivity index (χ0v) is 9.97. The first-order chi connectivity index (χ1) is 7.43. The van der Waals surface area contributed by atoms with Gasteiger partial charge in [-0.25, -0.2) is 13.2 Å². The number of hydrogen-bond acceptors (Lipinski definition) is 3. The topological polar surface area (TPSA) is 75.3 Å². The average molecular weight is 242 g/mol. The van der Waals surface area contributed by atoms with Gasteiger partial charge in [0, 0.05) is 19.8 Å². The highest BCUT2D eigenvalue weighted by Crippen LogP contribution is 2.09. The second-order valence-electron chi connectivity index (χ2n) is 3.35. The Morgan fingerprint density at radius 1 is 1.25 bits per heavy atom. The van der Waals surface area contributed by atoms with Crippen molar-refractivity contribution in [1.29, 1.82) is 0 Å². The summed E-state index contributed by atoms with van der Waals surface area (Å²) in [7, 11) is -1.63. The summed E-state index contributed by atoms with van der Waals surface area (Å²) in [5.74, 6) is 0. The zero-order chi connectivity index (χ0) is 12.2. The quantitative estimate of drug-likeness (QED) is 0.811. The van der Waals surface area contributed by atoms with Crippen LogP contribution in [0.4, 0.5) is 4.79 Å². The summed E-state index contributed by atoms with van der Waals surface area (Å²) >= 11 is 0. The molecule has 1 aromatic rings. The van der Waals surface area contributed by atoms with Gasteiger partial charge in [0.15, 0.2) is 9.84 Å². The van der Waals surface area contributed by atoms with Gasteiger partial charge in [-0.05, 0) is 17.7 Å². The minimum absolute atomic E-state index is 0.271. The molecule has 16 heavy (non-hydrogen) atoms. The number of amides is 2. The van der Waals surface area contributed by atoms with E-state index in [1.54, 1.807) is 12.1 Å². The summed E-state index contributed by atoms with van der Waals surface area (Å²) in [6, 6.07) is 6.12. The molecule has 0 radical (unpaired) electrons. The normalized spacial score (nSPS) is 10.9. The van der Waals surface area contributed by atoms with E-state index in [-0.39, 0.29) is 10.9 Å². The van der Waals surface area contributed by atoms with Crippen molar-refractivity contribution >= 4 is 15.9 Å². The fourth-order valence-electron chi connectivity index (χ4n) is 1.13. The van der Waals surface area contributed by atoms with E-state index in [2.05, 4.69) is 10.6 Å². The molecule has 1 rings (SSSR count). The van der Waals surface area contributed by atoms with Crippen LogP contribution in [0.5, 0.6) is 0 Å². The van der Waals surface area contributed by atoms with Crippen molar-refractivity contribution in [3.05, 3.63) is 29.8 Å². The summed E-state index contributed by atoms with van der Waals surface area (Å²) in [4.78, 5) is 11.2. The highest BCUT2D eigenvalue weighted by atomic mass is 32.2. The molecule has 0 aromatic heterocycles. The molecule has 88 valence electrons. The molecule has 0 aliphatic rings. The molecule has 0 aliphatic carbocycles. The molecular weight excluding hydrogens is 228 g/mol. The maximum Gasteiger partial charge on any atom is 0.314 e. The molecule has 0 atom stereocenters. The molecule has 0 spiro atoms. The van der Waals surface area contributed by atoms with Gasteiger partial charge in [-0.15, -0.1) is 0 Å². The van der Waals surface area contributed by atoms with Gasteiger partial charge >= 0.3 is 6.03 Å². The van der Waals surface area contributed by atoms with Crippen LogP contribution in [-0.2, 0) is 16.4 Å².